The summed E-state index contributed by atoms with van der Waals surface area (Å²) in [5.41, 5.74) is 0.920. The predicted molar refractivity (Wildman–Crippen MR) is 91.5 cm³/mol. The fraction of sp³-hybridized carbons (Fsp3) is 0.556. The number of nitrogens with zero attached hydrogens (tertiary/aromatic N) is 1. The largest absolute Gasteiger partial charge is 0.474 e. The molecule has 24 heavy (non-hydrogen) atoms. The Morgan fingerprint density at radius 2 is 2.25 bits per heavy atom. The van der Waals surface area contributed by atoms with Crippen LogP contribution in [0.25, 0.3) is 0 Å². The minimum atomic E-state index is -0.283. The number of nitrogens with one attached hydrogen (secondary N) is 2. The number of ether oxygens (including phenoxy) is 2. The molecule has 1 aromatic heterocycles. The molecule has 1 fully saturated rings. The summed E-state index contributed by atoms with van der Waals surface area (Å²) in [4.78, 5) is 16.1. The van der Waals surface area contributed by atoms with Crippen molar-refractivity contribution in [2.75, 3.05) is 13.2 Å². The number of hydrogen-bond acceptors (Lipinski definition) is 4. The topological polar surface area (TPSA) is 72.5 Å². The van der Waals surface area contributed by atoms with E-state index in [0.717, 1.165) is 31.6 Å². The molecule has 6 heteroatoms. The van der Waals surface area contributed by atoms with Crippen LogP contribution in [0.2, 0.25) is 0 Å². The summed E-state index contributed by atoms with van der Waals surface area (Å²) in [6, 6.07) is 3.12. The van der Waals surface area contributed by atoms with Crippen LogP contribution >= 0.6 is 0 Å². The second-order valence-corrected chi connectivity index (χ2v) is 6.15. The average Bonchev–Trinajstić information content (AvgIpc) is 2.59. The number of carbonyl (C=O) groups is 1. The summed E-state index contributed by atoms with van der Waals surface area (Å²) in [6.45, 7) is 5.76. The first kappa shape index (κ1) is 18.1. The van der Waals surface area contributed by atoms with Gasteiger partial charge in [0.25, 0.3) is 0 Å². The first-order valence-corrected chi connectivity index (χ1v) is 8.28. The zero-order chi connectivity index (χ0) is 17.4. The van der Waals surface area contributed by atoms with Crippen molar-refractivity contribution in [1.29, 1.82) is 0 Å². The molecular weight excluding hydrogens is 306 g/mol. The molecule has 2 N–H and O–H groups in total. The highest BCUT2D eigenvalue weighted by Crippen LogP contribution is 2.16. The van der Waals surface area contributed by atoms with E-state index in [1.807, 2.05) is 26.0 Å². The summed E-state index contributed by atoms with van der Waals surface area (Å²) in [5, 5.41) is 5.57. The molecule has 1 aliphatic heterocycles. The molecule has 0 spiro atoms. The Morgan fingerprint density at radius 1 is 1.50 bits per heavy atom. The van der Waals surface area contributed by atoms with Gasteiger partial charge in [0.15, 0.2) is 0 Å². The molecule has 1 unspecified atom stereocenters. The van der Waals surface area contributed by atoms with Gasteiger partial charge in [-0.3, -0.25) is 0 Å². The lowest BCUT2D eigenvalue weighted by atomic mass is 10.1. The van der Waals surface area contributed by atoms with Crippen molar-refractivity contribution in [3.8, 4) is 18.2 Å². The Hall–Kier alpha value is -2.26. The third-order valence-electron chi connectivity index (χ3n) is 3.84. The minimum Gasteiger partial charge on any atom is -0.474 e. The number of aromatic nitrogens is 1. The second-order valence-electron chi connectivity index (χ2n) is 6.15. The monoisotopic (exact) mass is 331 g/mol. The molecule has 130 valence electrons. The summed E-state index contributed by atoms with van der Waals surface area (Å²) in [5.74, 6) is 3.33. The van der Waals surface area contributed by atoms with E-state index >= 15 is 0 Å². The molecule has 0 aromatic carbocycles. The van der Waals surface area contributed by atoms with E-state index < -0.39 is 0 Å². The fourth-order valence-corrected chi connectivity index (χ4v) is 2.36. The molecule has 0 saturated carbocycles. The van der Waals surface area contributed by atoms with Crippen molar-refractivity contribution in [1.82, 2.24) is 15.6 Å². The molecule has 1 aliphatic rings. The molecular formula is C18H25N3O3. The van der Waals surface area contributed by atoms with Crippen LogP contribution in [0.5, 0.6) is 5.88 Å². The summed E-state index contributed by atoms with van der Waals surface area (Å²) < 4.78 is 11.2. The smallest absolute Gasteiger partial charge is 0.316 e. The van der Waals surface area contributed by atoms with E-state index in [1.165, 1.54) is 0 Å². The van der Waals surface area contributed by atoms with Crippen LogP contribution < -0.4 is 15.4 Å². The Bertz CT molecular complexity index is 577. The maximum absolute atomic E-state index is 11.9. The maximum atomic E-state index is 11.9. The van der Waals surface area contributed by atoms with Gasteiger partial charge in [-0.25, -0.2) is 9.78 Å². The molecule has 0 radical (unpaired) electrons. The van der Waals surface area contributed by atoms with Gasteiger partial charge in [0, 0.05) is 31.6 Å². The Labute approximate surface area is 143 Å². The molecule has 6 nitrogen and oxygen atoms in total. The van der Waals surface area contributed by atoms with Crippen LogP contribution in [0.1, 0.15) is 32.3 Å². The zero-order valence-electron chi connectivity index (χ0n) is 14.2. The van der Waals surface area contributed by atoms with E-state index in [1.54, 1.807) is 6.20 Å². The van der Waals surface area contributed by atoms with Gasteiger partial charge in [-0.05, 0) is 17.5 Å². The van der Waals surface area contributed by atoms with Gasteiger partial charge in [0.2, 0.25) is 5.88 Å². The van der Waals surface area contributed by atoms with Crippen LogP contribution in [-0.2, 0) is 11.3 Å². The van der Waals surface area contributed by atoms with Gasteiger partial charge in [-0.2, -0.15) is 0 Å². The van der Waals surface area contributed by atoms with E-state index in [0.29, 0.717) is 12.4 Å². The molecule has 2 heterocycles. The number of rotatable bonds is 6. The fourth-order valence-electron chi connectivity index (χ4n) is 2.36. The highest BCUT2D eigenvalue weighted by Gasteiger charge is 2.16. The van der Waals surface area contributed by atoms with Gasteiger partial charge in [0.1, 0.15) is 6.10 Å². The van der Waals surface area contributed by atoms with E-state index in [2.05, 4.69) is 21.5 Å². The quantitative estimate of drug-likeness (QED) is 0.783. The third-order valence-corrected chi connectivity index (χ3v) is 3.84. The molecule has 2 rings (SSSR count). The third kappa shape index (κ3) is 5.74. The Balaban J connectivity index is 1.83. The predicted octanol–water partition coefficient (Wildman–Crippen LogP) is 2.10. The molecule has 1 atom stereocenters. The highest BCUT2D eigenvalue weighted by atomic mass is 16.5. The van der Waals surface area contributed by atoms with Crippen LogP contribution in [0.15, 0.2) is 18.3 Å². The van der Waals surface area contributed by atoms with E-state index in [-0.39, 0.29) is 24.1 Å². The van der Waals surface area contributed by atoms with Crippen molar-refractivity contribution in [2.45, 2.75) is 45.4 Å². The average molecular weight is 331 g/mol. The second kappa shape index (κ2) is 9.14. The van der Waals surface area contributed by atoms with Crippen LogP contribution in [-0.4, -0.2) is 36.4 Å². The van der Waals surface area contributed by atoms with Crippen LogP contribution in [0, 0.1) is 18.3 Å². The van der Waals surface area contributed by atoms with Crippen LogP contribution in [0.4, 0.5) is 4.79 Å². The van der Waals surface area contributed by atoms with Crippen molar-refractivity contribution in [3.63, 3.8) is 0 Å². The van der Waals surface area contributed by atoms with Gasteiger partial charge >= 0.3 is 6.03 Å². The van der Waals surface area contributed by atoms with E-state index in [4.69, 9.17) is 15.9 Å². The lowest BCUT2D eigenvalue weighted by Gasteiger charge is -2.22. The number of hydrogen-bond donors (Lipinski definition) is 2. The summed E-state index contributed by atoms with van der Waals surface area (Å²) in [7, 11) is 0. The molecule has 1 aromatic rings. The van der Waals surface area contributed by atoms with Crippen molar-refractivity contribution in [3.05, 3.63) is 23.9 Å². The number of urea groups is 1. The lowest BCUT2D eigenvalue weighted by Crippen LogP contribution is -2.43. The van der Waals surface area contributed by atoms with Gasteiger partial charge in [0.05, 0.1) is 19.3 Å². The van der Waals surface area contributed by atoms with E-state index in [9.17, 15) is 4.79 Å². The maximum Gasteiger partial charge on any atom is 0.316 e. The minimum absolute atomic E-state index is 0.139. The van der Waals surface area contributed by atoms with Gasteiger partial charge in [-0.1, -0.05) is 19.8 Å². The summed E-state index contributed by atoms with van der Waals surface area (Å²) in [6.07, 6.45) is 8.97. The first-order valence-electron chi connectivity index (χ1n) is 8.28. The van der Waals surface area contributed by atoms with Crippen LogP contribution in [0.3, 0.4) is 0 Å². The highest BCUT2D eigenvalue weighted by molar-refractivity contribution is 5.74. The molecule has 0 bridgehead atoms. The van der Waals surface area contributed by atoms with Crippen molar-refractivity contribution >= 4 is 6.03 Å². The Morgan fingerprint density at radius 3 is 2.92 bits per heavy atom. The molecule has 1 saturated heterocycles. The van der Waals surface area contributed by atoms with Crippen molar-refractivity contribution < 1.29 is 14.3 Å². The summed E-state index contributed by atoms with van der Waals surface area (Å²) >= 11 is 0. The van der Waals surface area contributed by atoms with Crippen molar-refractivity contribution in [2.24, 2.45) is 5.92 Å². The first-order chi connectivity index (χ1) is 11.6. The number of pyridine rings is 1. The van der Waals surface area contributed by atoms with Gasteiger partial charge in [-0.15, -0.1) is 6.42 Å². The Kier molecular flexibility index (Phi) is 6.89. The standard InChI is InChI=1S/C18H25N3O3/c1-4-16(13(2)3)21-18(22)20-12-14-5-8-19-17(11-14)24-15-6-9-23-10-7-15/h1,5,8,11,13,15-16H,6-7,9-10,12H2,2-3H3,(H2,20,21,22). The number of terminal acetylenes is 1. The molecule has 0 aliphatic carbocycles. The zero-order valence-corrected chi connectivity index (χ0v) is 14.2. The normalized spacial score (nSPS) is 16.2. The van der Waals surface area contributed by atoms with Gasteiger partial charge < -0.3 is 20.1 Å². The molecule has 2 amide bonds. The SMILES string of the molecule is C#CC(NC(=O)NCc1ccnc(OC2CCOCC2)c1)C(C)C. The number of carbonyl (C=O) groups excluding carboxylic acids is 1. The lowest BCUT2D eigenvalue weighted by molar-refractivity contribution is 0.0237. The number of amides is 2.